The summed E-state index contributed by atoms with van der Waals surface area (Å²) in [6.07, 6.45) is 3.62. The van der Waals surface area contributed by atoms with E-state index < -0.39 is 5.97 Å². The third-order valence-electron chi connectivity index (χ3n) is 2.88. The van der Waals surface area contributed by atoms with Crippen molar-refractivity contribution in [3.8, 4) is 0 Å². The molecule has 0 bridgehead atoms. The minimum atomic E-state index is -0.928. The van der Waals surface area contributed by atoms with Crippen LogP contribution in [-0.2, 0) is 20.7 Å². The van der Waals surface area contributed by atoms with Crippen molar-refractivity contribution in [1.29, 1.82) is 0 Å². The Morgan fingerprint density at radius 2 is 2.32 bits per heavy atom. The molecule has 2 rings (SSSR count). The van der Waals surface area contributed by atoms with Crippen LogP contribution >= 0.6 is 0 Å². The molecule has 0 aromatic carbocycles. The number of aromatic nitrogens is 1. The van der Waals surface area contributed by atoms with Gasteiger partial charge in [-0.2, -0.15) is 0 Å². The molecule has 1 aliphatic rings. The summed E-state index contributed by atoms with van der Waals surface area (Å²) < 4.78 is 5.38. The van der Waals surface area contributed by atoms with E-state index in [9.17, 15) is 9.59 Å². The highest BCUT2D eigenvalue weighted by Crippen LogP contribution is 2.16. The van der Waals surface area contributed by atoms with Crippen LogP contribution < -0.4 is 5.32 Å². The first-order valence-electron chi connectivity index (χ1n) is 6.21. The molecule has 1 amide bonds. The molecule has 1 aliphatic heterocycles. The summed E-state index contributed by atoms with van der Waals surface area (Å²) in [6, 6.07) is 3.24. The number of nitrogens with one attached hydrogen (secondary N) is 1. The second-order valence-corrected chi connectivity index (χ2v) is 4.50. The van der Waals surface area contributed by atoms with E-state index in [4.69, 9.17) is 9.84 Å². The average molecular weight is 264 g/mol. The Hall–Kier alpha value is -1.95. The first-order chi connectivity index (χ1) is 9.13. The van der Waals surface area contributed by atoms with Crippen LogP contribution in [0.5, 0.6) is 0 Å². The molecule has 2 N–H and O–H groups in total. The standard InChI is InChI=1S/C13H16N2O4/c16-12(7-11-2-1-5-19-11)15-10-4-3-9(14-8-10)6-13(17)18/h3-4,8,11H,1-2,5-7H2,(H,15,16)(H,17,18). The normalized spacial score (nSPS) is 18.2. The lowest BCUT2D eigenvalue weighted by molar-refractivity contribution is -0.136. The van der Waals surface area contributed by atoms with Crippen molar-refractivity contribution < 1.29 is 19.4 Å². The molecule has 102 valence electrons. The van der Waals surface area contributed by atoms with Crippen molar-refractivity contribution in [2.75, 3.05) is 11.9 Å². The summed E-state index contributed by atoms with van der Waals surface area (Å²) in [6.45, 7) is 0.726. The average Bonchev–Trinajstić information content (AvgIpc) is 2.83. The Kier molecular flexibility index (Phi) is 4.46. The predicted molar refractivity (Wildman–Crippen MR) is 67.8 cm³/mol. The number of hydrogen-bond acceptors (Lipinski definition) is 4. The van der Waals surface area contributed by atoms with Gasteiger partial charge in [0.05, 0.1) is 36.5 Å². The summed E-state index contributed by atoms with van der Waals surface area (Å²) in [5, 5.41) is 11.3. The van der Waals surface area contributed by atoms with Crippen LogP contribution in [0.1, 0.15) is 25.0 Å². The maximum Gasteiger partial charge on any atom is 0.309 e. The van der Waals surface area contributed by atoms with Gasteiger partial charge in [-0.1, -0.05) is 0 Å². The second kappa shape index (κ2) is 6.29. The first-order valence-corrected chi connectivity index (χ1v) is 6.21. The number of carbonyl (C=O) groups is 2. The number of carbonyl (C=O) groups excluding carboxylic acids is 1. The SMILES string of the molecule is O=C(O)Cc1ccc(NC(=O)CC2CCCO2)cn1. The van der Waals surface area contributed by atoms with E-state index in [0.717, 1.165) is 19.4 Å². The molecule has 6 nitrogen and oxygen atoms in total. The summed E-state index contributed by atoms with van der Waals surface area (Å²) in [4.78, 5) is 26.2. The zero-order valence-corrected chi connectivity index (χ0v) is 10.5. The molecule has 1 fully saturated rings. The number of carboxylic acids is 1. The molecular formula is C13H16N2O4. The van der Waals surface area contributed by atoms with Crippen molar-refractivity contribution in [1.82, 2.24) is 4.98 Å². The number of hydrogen-bond donors (Lipinski definition) is 2. The number of ether oxygens (including phenoxy) is 1. The van der Waals surface area contributed by atoms with E-state index in [-0.39, 0.29) is 18.4 Å². The van der Waals surface area contributed by atoms with E-state index in [1.54, 1.807) is 12.1 Å². The second-order valence-electron chi connectivity index (χ2n) is 4.50. The van der Waals surface area contributed by atoms with E-state index in [2.05, 4.69) is 10.3 Å². The zero-order valence-electron chi connectivity index (χ0n) is 10.5. The topological polar surface area (TPSA) is 88.5 Å². The Bertz CT molecular complexity index is 452. The molecule has 6 heteroatoms. The Balaban J connectivity index is 1.84. The predicted octanol–water partition coefficient (Wildman–Crippen LogP) is 1.22. The van der Waals surface area contributed by atoms with E-state index in [1.165, 1.54) is 6.20 Å². The molecule has 1 aromatic rings. The van der Waals surface area contributed by atoms with Gasteiger partial charge < -0.3 is 15.2 Å². The lowest BCUT2D eigenvalue weighted by Gasteiger charge is -2.09. The molecular weight excluding hydrogens is 248 g/mol. The van der Waals surface area contributed by atoms with E-state index >= 15 is 0 Å². The highest BCUT2D eigenvalue weighted by molar-refractivity contribution is 5.90. The van der Waals surface area contributed by atoms with Crippen molar-refractivity contribution in [2.45, 2.75) is 31.8 Å². The van der Waals surface area contributed by atoms with Gasteiger partial charge >= 0.3 is 5.97 Å². The van der Waals surface area contributed by atoms with Gasteiger partial charge in [0.1, 0.15) is 0 Å². The van der Waals surface area contributed by atoms with Crippen LogP contribution in [0.15, 0.2) is 18.3 Å². The lowest BCUT2D eigenvalue weighted by atomic mass is 10.2. The maximum absolute atomic E-state index is 11.7. The first kappa shape index (κ1) is 13.5. The number of anilines is 1. The molecule has 1 saturated heterocycles. The van der Waals surface area contributed by atoms with E-state index in [0.29, 0.717) is 17.8 Å². The van der Waals surface area contributed by atoms with Crippen molar-refractivity contribution in [3.63, 3.8) is 0 Å². The fraction of sp³-hybridized carbons (Fsp3) is 0.462. The number of amides is 1. The van der Waals surface area contributed by atoms with Gasteiger partial charge in [-0.15, -0.1) is 0 Å². The Morgan fingerprint density at radius 3 is 2.89 bits per heavy atom. The van der Waals surface area contributed by atoms with Crippen LogP contribution in [0, 0.1) is 0 Å². The molecule has 1 unspecified atom stereocenters. The summed E-state index contributed by atoms with van der Waals surface area (Å²) in [5.41, 5.74) is 1.03. The number of nitrogens with zero attached hydrogens (tertiary/aromatic N) is 1. The van der Waals surface area contributed by atoms with Crippen molar-refractivity contribution in [2.24, 2.45) is 0 Å². The third kappa shape index (κ3) is 4.33. The van der Waals surface area contributed by atoms with Crippen LogP contribution in [0.3, 0.4) is 0 Å². The number of aliphatic carboxylic acids is 1. The van der Waals surface area contributed by atoms with Gasteiger partial charge in [0.25, 0.3) is 0 Å². The highest BCUT2D eigenvalue weighted by atomic mass is 16.5. The highest BCUT2D eigenvalue weighted by Gasteiger charge is 2.19. The van der Waals surface area contributed by atoms with Crippen molar-refractivity contribution >= 4 is 17.6 Å². The quantitative estimate of drug-likeness (QED) is 0.834. The molecule has 0 radical (unpaired) electrons. The van der Waals surface area contributed by atoms with Crippen LogP contribution in [-0.4, -0.2) is 34.7 Å². The van der Waals surface area contributed by atoms with Gasteiger partial charge in [0.15, 0.2) is 0 Å². The minimum absolute atomic E-state index is 0.0132. The maximum atomic E-state index is 11.7. The third-order valence-corrected chi connectivity index (χ3v) is 2.88. The Labute approximate surface area is 110 Å². The van der Waals surface area contributed by atoms with E-state index in [1.807, 2.05) is 0 Å². The summed E-state index contributed by atoms with van der Waals surface area (Å²) in [5.74, 6) is -1.04. The van der Waals surface area contributed by atoms with Crippen molar-refractivity contribution in [3.05, 3.63) is 24.0 Å². The van der Waals surface area contributed by atoms with Gasteiger partial charge in [-0.3, -0.25) is 14.6 Å². The smallest absolute Gasteiger partial charge is 0.309 e. The number of pyridine rings is 1. The largest absolute Gasteiger partial charge is 0.481 e. The molecule has 1 aromatic heterocycles. The Morgan fingerprint density at radius 1 is 1.47 bits per heavy atom. The number of rotatable bonds is 5. The molecule has 2 heterocycles. The molecule has 1 atom stereocenters. The monoisotopic (exact) mass is 264 g/mol. The summed E-state index contributed by atoms with van der Waals surface area (Å²) in [7, 11) is 0. The van der Waals surface area contributed by atoms with Crippen LogP contribution in [0.2, 0.25) is 0 Å². The molecule has 0 saturated carbocycles. The van der Waals surface area contributed by atoms with Gasteiger partial charge in [0.2, 0.25) is 5.91 Å². The molecule has 0 aliphatic carbocycles. The van der Waals surface area contributed by atoms with Gasteiger partial charge in [0, 0.05) is 6.61 Å². The molecule has 19 heavy (non-hydrogen) atoms. The van der Waals surface area contributed by atoms with Gasteiger partial charge in [-0.25, -0.2) is 0 Å². The fourth-order valence-electron chi connectivity index (χ4n) is 1.98. The number of carboxylic acid groups (broad SMARTS) is 1. The van der Waals surface area contributed by atoms with Gasteiger partial charge in [-0.05, 0) is 25.0 Å². The lowest BCUT2D eigenvalue weighted by Crippen LogP contribution is -2.19. The minimum Gasteiger partial charge on any atom is -0.481 e. The molecule has 0 spiro atoms. The fourth-order valence-corrected chi connectivity index (χ4v) is 1.98. The summed E-state index contributed by atoms with van der Waals surface area (Å²) >= 11 is 0. The van der Waals surface area contributed by atoms with Crippen LogP contribution in [0.25, 0.3) is 0 Å². The zero-order chi connectivity index (χ0) is 13.7. The van der Waals surface area contributed by atoms with Crippen LogP contribution in [0.4, 0.5) is 5.69 Å².